The van der Waals surface area contributed by atoms with Crippen molar-refractivity contribution in [1.29, 1.82) is 0 Å². The van der Waals surface area contributed by atoms with Gasteiger partial charge >= 0.3 is 5.97 Å². The first-order valence-corrected chi connectivity index (χ1v) is 9.44. The molecule has 0 fully saturated rings. The van der Waals surface area contributed by atoms with Gasteiger partial charge in [0.25, 0.3) is 11.8 Å². The second-order valence-corrected chi connectivity index (χ2v) is 7.38. The highest BCUT2D eigenvalue weighted by Gasteiger charge is 2.25. The van der Waals surface area contributed by atoms with E-state index >= 15 is 0 Å². The molecule has 6 nitrogen and oxygen atoms in total. The largest absolute Gasteiger partial charge is 0.480 e. The van der Waals surface area contributed by atoms with Crippen LogP contribution in [0.25, 0.3) is 6.08 Å². The summed E-state index contributed by atoms with van der Waals surface area (Å²) in [6.07, 6.45) is 1.50. The van der Waals surface area contributed by atoms with Gasteiger partial charge in [-0.15, -0.1) is 0 Å². The number of nitrogens with one attached hydrogen (secondary N) is 2. The van der Waals surface area contributed by atoms with Crippen molar-refractivity contribution in [1.82, 2.24) is 10.6 Å². The molecule has 0 radical (unpaired) electrons. The van der Waals surface area contributed by atoms with Crippen molar-refractivity contribution in [2.24, 2.45) is 5.92 Å². The molecule has 2 aromatic rings. The average molecular weight is 445 g/mol. The van der Waals surface area contributed by atoms with Crippen LogP contribution in [0.1, 0.15) is 29.8 Å². The lowest BCUT2D eigenvalue weighted by atomic mass is 10.0. The third-order valence-corrected chi connectivity index (χ3v) is 4.46. The van der Waals surface area contributed by atoms with Crippen molar-refractivity contribution in [3.05, 3.63) is 75.9 Å². The summed E-state index contributed by atoms with van der Waals surface area (Å²) in [5.41, 5.74) is 1.02. The second kappa shape index (κ2) is 9.85. The molecule has 7 heteroatoms. The molecule has 146 valence electrons. The number of hydrogen-bond acceptors (Lipinski definition) is 3. The van der Waals surface area contributed by atoms with Crippen LogP contribution in [-0.2, 0) is 9.59 Å². The third-order valence-electron chi connectivity index (χ3n) is 3.93. The van der Waals surface area contributed by atoms with E-state index in [-0.39, 0.29) is 11.6 Å². The predicted molar refractivity (Wildman–Crippen MR) is 110 cm³/mol. The van der Waals surface area contributed by atoms with Gasteiger partial charge in [0.2, 0.25) is 0 Å². The summed E-state index contributed by atoms with van der Waals surface area (Å²) >= 11 is 3.34. The van der Waals surface area contributed by atoms with Crippen LogP contribution < -0.4 is 10.6 Å². The van der Waals surface area contributed by atoms with Crippen molar-refractivity contribution in [3.8, 4) is 0 Å². The molecule has 0 spiro atoms. The normalized spacial score (nSPS) is 12.4. The van der Waals surface area contributed by atoms with Gasteiger partial charge in [-0.3, -0.25) is 9.59 Å². The minimum atomic E-state index is -1.14. The summed E-state index contributed by atoms with van der Waals surface area (Å²) in [7, 11) is 0. The molecule has 0 unspecified atom stereocenters. The number of rotatable bonds is 7. The predicted octanol–water partition coefficient (Wildman–Crippen LogP) is 3.45. The molecule has 0 aliphatic heterocycles. The maximum Gasteiger partial charge on any atom is 0.326 e. The Balaban J connectivity index is 2.32. The Bertz CT molecular complexity index is 877. The second-order valence-electron chi connectivity index (χ2n) is 6.46. The fourth-order valence-corrected chi connectivity index (χ4v) is 2.66. The molecule has 0 aromatic heterocycles. The first kappa shape index (κ1) is 21.4. The van der Waals surface area contributed by atoms with Crippen LogP contribution in [0.2, 0.25) is 0 Å². The van der Waals surface area contributed by atoms with Crippen LogP contribution in [0.5, 0.6) is 0 Å². The third kappa shape index (κ3) is 6.06. The van der Waals surface area contributed by atoms with Crippen LogP contribution in [0.4, 0.5) is 0 Å². The van der Waals surface area contributed by atoms with Gasteiger partial charge in [-0.2, -0.15) is 0 Å². The van der Waals surface area contributed by atoms with Crippen LogP contribution in [0.15, 0.2) is 64.8 Å². The van der Waals surface area contributed by atoms with Gasteiger partial charge in [0.1, 0.15) is 11.7 Å². The molecule has 2 rings (SSSR count). The highest BCUT2D eigenvalue weighted by molar-refractivity contribution is 9.10. The van der Waals surface area contributed by atoms with Crippen LogP contribution in [0.3, 0.4) is 0 Å². The zero-order valence-electron chi connectivity index (χ0n) is 15.5. The fraction of sp³-hybridized carbons (Fsp3) is 0.190. The van der Waals surface area contributed by atoms with E-state index in [1.165, 1.54) is 6.08 Å². The van der Waals surface area contributed by atoms with Gasteiger partial charge in [0, 0.05) is 10.0 Å². The number of carboxylic acids is 1. The molecule has 2 aromatic carbocycles. The van der Waals surface area contributed by atoms with Crippen molar-refractivity contribution in [3.63, 3.8) is 0 Å². The van der Waals surface area contributed by atoms with Gasteiger partial charge in [0.05, 0.1) is 0 Å². The molecule has 0 aliphatic carbocycles. The Morgan fingerprint density at radius 1 is 1.00 bits per heavy atom. The summed E-state index contributed by atoms with van der Waals surface area (Å²) in [6, 6.07) is 14.5. The Morgan fingerprint density at radius 3 is 2.14 bits per heavy atom. The minimum Gasteiger partial charge on any atom is -0.480 e. The summed E-state index contributed by atoms with van der Waals surface area (Å²) in [5, 5.41) is 14.4. The molecule has 2 amide bonds. The zero-order chi connectivity index (χ0) is 20.7. The lowest BCUT2D eigenvalue weighted by Gasteiger charge is -2.19. The zero-order valence-corrected chi connectivity index (χ0v) is 17.1. The number of carboxylic acid groups (broad SMARTS) is 1. The number of hydrogen-bond donors (Lipinski definition) is 3. The van der Waals surface area contributed by atoms with Gasteiger partial charge in [-0.05, 0) is 41.8 Å². The van der Waals surface area contributed by atoms with Crippen LogP contribution in [0, 0.1) is 5.92 Å². The SMILES string of the molecule is CC(C)[C@H](NC(=O)/C(=C/c1ccc(Br)cc1)NC(=O)c1ccccc1)C(=O)O. The highest BCUT2D eigenvalue weighted by atomic mass is 79.9. The fourth-order valence-electron chi connectivity index (χ4n) is 2.40. The van der Waals surface area contributed by atoms with E-state index in [4.69, 9.17) is 0 Å². The van der Waals surface area contributed by atoms with E-state index in [1.807, 2.05) is 0 Å². The number of carbonyl (C=O) groups is 3. The van der Waals surface area contributed by atoms with E-state index in [9.17, 15) is 19.5 Å². The van der Waals surface area contributed by atoms with Crippen molar-refractivity contribution in [2.75, 3.05) is 0 Å². The van der Waals surface area contributed by atoms with Gasteiger partial charge < -0.3 is 15.7 Å². The number of halogens is 1. The Hall–Kier alpha value is -2.93. The summed E-state index contributed by atoms with van der Waals surface area (Å²) in [4.78, 5) is 36.6. The van der Waals surface area contributed by atoms with Gasteiger partial charge in [0.15, 0.2) is 0 Å². The molecule has 0 saturated heterocycles. The smallest absolute Gasteiger partial charge is 0.326 e. The van der Waals surface area contributed by atoms with Gasteiger partial charge in [-0.25, -0.2) is 4.79 Å². The molecular weight excluding hydrogens is 424 g/mol. The molecule has 0 heterocycles. The quantitative estimate of drug-likeness (QED) is 0.569. The lowest BCUT2D eigenvalue weighted by Crippen LogP contribution is -2.47. The van der Waals surface area contributed by atoms with Crippen molar-refractivity contribution in [2.45, 2.75) is 19.9 Å². The van der Waals surface area contributed by atoms with Crippen molar-refractivity contribution < 1.29 is 19.5 Å². The Labute approximate surface area is 171 Å². The first-order chi connectivity index (χ1) is 13.3. The molecule has 3 N–H and O–H groups in total. The number of aliphatic carboxylic acids is 1. The average Bonchev–Trinajstić information content (AvgIpc) is 2.67. The molecule has 0 aliphatic rings. The molecule has 1 atom stereocenters. The van der Waals surface area contributed by atoms with E-state index in [0.29, 0.717) is 11.1 Å². The Morgan fingerprint density at radius 2 is 1.61 bits per heavy atom. The minimum absolute atomic E-state index is 0.0388. The number of amides is 2. The van der Waals surface area contributed by atoms with E-state index < -0.39 is 23.8 Å². The molecule has 28 heavy (non-hydrogen) atoms. The molecule has 0 saturated carbocycles. The first-order valence-electron chi connectivity index (χ1n) is 8.65. The van der Waals surface area contributed by atoms with Gasteiger partial charge in [-0.1, -0.05) is 60.1 Å². The van der Waals surface area contributed by atoms with Crippen LogP contribution >= 0.6 is 15.9 Å². The molecular formula is C21H21BrN2O4. The van der Waals surface area contributed by atoms with E-state index in [1.54, 1.807) is 68.4 Å². The number of carbonyl (C=O) groups excluding carboxylic acids is 2. The summed E-state index contributed by atoms with van der Waals surface area (Å²) < 4.78 is 0.870. The standard InChI is InChI=1S/C21H21BrN2O4/c1-13(2)18(21(27)28)24-20(26)17(12-14-8-10-16(22)11-9-14)23-19(25)15-6-4-3-5-7-15/h3-13,18H,1-2H3,(H,23,25)(H,24,26)(H,27,28)/b17-12-/t18-/m0/s1. The van der Waals surface area contributed by atoms with Crippen molar-refractivity contribution >= 4 is 39.8 Å². The topological polar surface area (TPSA) is 95.5 Å². The maximum atomic E-state index is 12.7. The monoisotopic (exact) mass is 444 g/mol. The Kier molecular flexibility index (Phi) is 7.52. The summed E-state index contributed by atoms with van der Waals surface area (Å²) in [6.45, 7) is 3.39. The number of benzene rings is 2. The summed E-state index contributed by atoms with van der Waals surface area (Å²) in [5.74, 6) is -2.59. The highest BCUT2D eigenvalue weighted by Crippen LogP contribution is 2.14. The van der Waals surface area contributed by atoms with E-state index in [2.05, 4.69) is 26.6 Å². The molecule has 0 bridgehead atoms. The maximum absolute atomic E-state index is 12.7. The van der Waals surface area contributed by atoms with E-state index in [0.717, 1.165) is 4.47 Å². The lowest BCUT2D eigenvalue weighted by molar-refractivity contribution is -0.142. The van der Waals surface area contributed by atoms with Crippen LogP contribution in [-0.4, -0.2) is 28.9 Å².